The SMILES string of the molecule is ClC1CC2CCC(C1)N2Cc1cccs1. The van der Waals surface area contributed by atoms with Crippen LogP contribution in [0.15, 0.2) is 17.5 Å². The Bertz CT molecular complexity index is 310. The first-order valence-electron chi connectivity index (χ1n) is 5.75. The number of hydrogen-bond donors (Lipinski definition) is 0. The van der Waals surface area contributed by atoms with Gasteiger partial charge in [0, 0.05) is 28.9 Å². The second-order valence-corrected chi connectivity index (χ2v) is 6.35. The van der Waals surface area contributed by atoms with E-state index in [0.717, 1.165) is 18.6 Å². The van der Waals surface area contributed by atoms with E-state index in [1.165, 1.54) is 30.6 Å². The highest BCUT2D eigenvalue weighted by molar-refractivity contribution is 7.09. The number of piperidine rings is 1. The van der Waals surface area contributed by atoms with Crippen LogP contribution in [-0.2, 0) is 6.54 Å². The molecule has 1 aromatic rings. The van der Waals surface area contributed by atoms with Crippen molar-refractivity contribution < 1.29 is 0 Å². The molecule has 1 aromatic heterocycles. The van der Waals surface area contributed by atoms with Crippen LogP contribution >= 0.6 is 22.9 Å². The first-order chi connectivity index (χ1) is 7.33. The van der Waals surface area contributed by atoms with Gasteiger partial charge in [-0.1, -0.05) is 6.07 Å². The highest BCUT2D eigenvalue weighted by Gasteiger charge is 2.39. The second kappa shape index (κ2) is 4.08. The minimum absolute atomic E-state index is 0.432. The zero-order valence-corrected chi connectivity index (χ0v) is 10.3. The summed E-state index contributed by atoms with van der Waals surface area (Å²) in [5.74, 6) is 0. The molecule has 2 aliphatic heterocycles. The average Bonchev–Trinajstić information content (AvgIpc) is 2.77. The maximum atomic E-state index is 6.27. The average molecular weight is 242 g/mol. The third-order valence-electron chi connectivity index (χ3n) is 3.75. The van der Waals surface area contributed by atoms with Crippen molar-refractivity contribution in [3.05, 3.63) is 22.4 Å². The van der Waals surface area contributed by atoms with Gasteiger partial charge in [-0.25, -0.2) is 0 Å². The molecule has 0 aliphatic carbocycles. The maximum Gasteiger partial charge on any atom is 0.0365 e. The van der Waals surface area contributed by atoms with Crippen LogP contribution in [0.3, 0.4) is 0 Å². The number of nitrogens with zero attached hydrogens (tertiary/aromatic N) is 1. The monoisotopic (exact) mass is 241 g/mol. The van der Waals surface area contributed by atoms with Gasteiger partial charge in [0.05, 0.1) is 0 Å². The summed E-state index contributed by atoms with van der Waals surface area (Å²) in [5, 5.41) is 2.60. The van der Waals surface area contributed by atoms with Gasteiger partial charge in [-0.05, 0) is 37.1 Å². The van der Waals surface area contributed by atoms with Crippen LogP contribution in [0.1, 0.15) is 30.6 Å². The van der Waals surface area contributed by atoms with Gasteiger partial charge >= 0.3 is 0 Å². The van der Waals surface area contributed by atoms with Crippen LogP contribution < -0.4 is 0 Å². The number of hydrogen-bond acceptors (Lipinski definition) is 2. The van der Waals surface area contributed by atoms with E-state index in [-0.39, 0.29) is 0 Å². The zero-order chi connectivity index (χ0) is 10.3. The molecule has 2 fully saturated rings. The van der Waals surface area contributed by atoms with Crippen LogP contribution in [0.2, 0.25) is 0 Å². The van der Waals surface area contributed by atoms with Gasteiger partial charge in [-0.15, -0.1) is 22.9 Å². The normalized spacial score (nSPS) is 35.9. The van der Waals surface area contributed by atoms with Crippen molar-refractivity contribution in [3.8, 4) is 0 Å². The molecule has 3 heteroatoms. The van der Waals surface area contributed by atoms with Crippen molar-refractivity contribution in [3.63, 3.8) is 0 Å². The topological polar surface area (TPSA) is 3.24 Å². The Morgan fingerprint density at radius 2 is 2.07 bits per heavy atom. The van der Waals surface area contributed by atoms with Crippen molar-refractivity contribution >= 4 is 22.9 Å². The minimum atomic E-state index is 0.432. The largest absolute Gasteiger partial charge is 0.292 e. The molecule has 1 nitrogen and oxygen atoms in total. The molecular weight excluding hydrogens is 226 g/mol. The summed E-state index contributed by atoms with van der Waals surface area (Å²) in [4.78, 5) is 4.19. The fourth-order valence-corrected chi connectivity index (χ4v) is 4.17. The van der Waals surface area contributed by atoms with Gasteiger partial charge in [0.25, 0.3) is 0 Å². The van der Waals surface area contributed by atoms with Crippen LogP contribution in [0.4, 0.5) is 0 Å². The van der Waals surface area contributed by atoms with Crippen molar-refractivity contribution in [2.75, 3.05) is 0 Å². The van der Waals surface area contributed by atoms with Crippen LogP contribution in [-0.4, -0.2) is 22.4 Å². The third-order valence-corrected chi connectivity index (χ3v) is 4.96. The number of thiophene rings is 1. The Morgan fingerprint density at radius 3 is 2.67 bits per heavy atom. The predicted molar refractivity (Wildman–Crippen MR) is 65.5 cm³/mol. The Labute approximate surface area is 100 Å². The van der Waals surface area contributed by atoms with E-state index in [9.17, 15) is 0 Å². The molecule has 2 atom stereocenters. The summed E-state index contributed by atoms with van der Waals surface area (Å²) in [6, 6.07) is 5.91. The first-order valence-corrected chi connectivity index (χ1v) is 7.07. The lowest BCUT2D eigenvalue weighted by molar-refractivity contribution is 0.136. The van der Waals surface area contributed by atoms with E-state index >= 15 is 0 Å². The van der Waals surface area contributed by atoms with Crippen molar-refractivity contribution in [1.82, 2.24) is 4.90 Å². The molecule has 2 bridgehead atoms. The minimum Gasteiger partial charge on any atom is -0.292 e. The van der Waals surface area contributed by atoms with Crippen molar-refractivity contribution in [1.29, 1.82) is 0 Å². The lowest BCUT2D eigenvalue weighted by atomic mass is 10.0. The van der Waals surface area contributed by atoms with Crippen molar-refractivity contribution in [2.45, 2.75) is 49.7 Å². The summed E-state index contributed by atoms with van der Waals surface area (Å²) in [7, 11) is 0. The van der Waals surface area contributed by atoms with Gasteiger partial charge in [-0.2, -0.15) is 0 Å². The summed E-state index contributed by atoms with van der Waals surface area (Å²) >= 11 is 8.14. The summed E-state index contributed by atoms with van der Waals surface area (Å²) in [5.41, 5.74) is 0. The van der Waals surface area contributed by atoms with Gasteiger partial charge in [0.1, 0.15) is 0 Å². The van der Waals surface area contributed by atoms with Gasteiger partial charge in [-0.3, -0.25) is 4.90 Å². The molecule has 0 saturated carbocycles. The van der Waals surface area contributed by atoms with E-state index in [1.54, 1.807) is 0 Å². The molecule has 0 aromatic carbocycles. The van der Waals surface area contributed by atoms with Crippen molar-refractivity contribution in [2.24, 2.45) is 0 Å². The van der Waals surface area contributed by atoms with Gasteiger partial charge in [0.15, 0.2) is 0 Å². The lowest BCUT2D eigenvalue weighted by Crippen LogP contribution is -2.42. The molecule has 0 spiro atoms. The van der Waals surface area contributed by atoms with E-state index in [2.05, 4.69) is 22.4 Å². The Hall–Kier alpha value is -0.0500. The molecule has 15 heavy (non-hydrogen) atoms. The Morgan fingerprint density at radius 1 is 1.33 bits per heavy atom. The fraction of sp³-hybridized carbons (Fsp3) is 0.667. The molecule has 3 rings (SSSR count). The molecule has 3 heterocycles. The molecule has 0 radical (unpaired) electrons. The summed E-state index contributed by atoms with van der Waals surface area (Å²) < 4.78 is 0. The van der Waals surface area contributed by atoms with Gasteiger partial charge < -0.3 is 0 Å². The fourth-order valence-electron chi connectivity index (χ4n) is 3.05. The molecule has 0 N–H and O–H groups in total. The molecular formula is C12H16ClNS. The van der Waals surface area contributed by atoms with E-state index in [0.29, 0.717) is 5.38 Å². The highest BCUT2D eigenvalue weighted by atomic mass is 35.5. The second-order valence-electron chi connectivity index (χ2n) is 4.71. The maximum absolute atomic E-state index is 6.27. The molecule has 0 amide bonds. The quantitative estimate of drug-likeness (QED) is 0.717. The molecule has 2 aliphatic rings. The number of rotatable bonds is 2. The summed E-state index contributed by atoms with van der Waals surface area (Å²) in [6.45, 7) is 1.15. The predicted octanol–water partition coefficient (Wildman–Crippen LogP) is 3.48. The van der Waals surface area contributed by atoms with Crippen LogP contribution in [0.25, 0.3) is 0 Å². The highest BCUT2D eigenvalue weighted by Crippen LogP contribution is 2.38. The number of halogens is 1. The Balaban J connectivity index is 1.72. The number of fused-ring (bicyclic) bond motifs is 2. The Kier molecular flexibility index (Phi) is 2.75. The summed E-state index contributed by atoms with van der Waals surface area (Å²) in [6.07, 6.45) is 5.12. The van der Waals surface area contributed by atoms with Crippen LogP contribution in [0, 0.1) is 0 Å². The third kappa shape index (κ3) is 1.95. The zero-order valence-electron chi connectivity index (χ0n) is 8.73. The van der Waals surface area contributed by atoms with E-state index < -0.39 is 0 Å². The smallest absolute Gasteiger partial charge is 0.0365 e. The van der Waals surface area contributed by atoms with Gasteiger partial charge in [0.2, 0.25) is 0 Å². The molecule has 2 unspecified atom stereocenters. The molecule has 82 valence electrons. The van der Waals surface area contributed by atoms with E-state index in [4.69, 9.17) is 11.6 Å². The van der Waals surface area contributed by atoms with E-state index in [1.807, 2.05) is 11.3 Å². The molecule has 2 saturated heterocycles. The number of alkyl halides is 1. The van der Waals surface area contributed by atoms with Crippen LogP contribution in [0.5, 0.6) is 0 Å². The lowest BCUT2D eigenvalue weighted by Gasteiger charge is -2.36. The standard InChI is InChI=1S/C12H16ClNS/c13-9-6-10-3-4-11(7-9)14(10)8-12-2-1-5-15-12/h1-2,5,9-11H,3-4,6-8H2. The first kappa shape index (κ1) is 10.1.